The van der Waals surface area contributed by atoms with Crippen LogP contribution in [0.25, 0.3) is 0 Å². The summed E-state index contributed by atoms with van der Waals surface area (Å²) < 4.78 is 6.19. The maximum atomic E-state index is 11.7. The number of nitrogens with zero attached hydrogens (tertiary/aromatic N) is 1. The lowest BCUT2D eigenvalue weighted by Gasteiger charge is -2.18. The monoisotopic (exact) mass is 319 g/mol. The van der Waals surface area contributed by atoms with Gasteiger partial charge in [-0.15, -0.1) is 0 Å². The Labute approximate surface area is 115 Å². The van der Waals surface area contributed by atoms with Crippen molar-refractivity contribution in [3.63, 3.8) is 0 Å². The molecule has 0 aromatic heterocycles. The molecule has 0 fully saturated rings. The summed E-state index contributed by atoms with van der Waals surface area (Å²) in [6.45, 7) is 5.32. The maximum absolute atomic E-state index is 11.7. The summed E-state index contributed by atoms with van der Waals surface area (Å²) in [7, 11) is 0. The summed E-state index contributed by atoms with van der Waals surface area (Å²) in [6, 6.07) is 5.20. The Kier molecular flexibility index (Phi) is 5.78. The SMILES string of the molecule is CCN(CC)C(=O)COc1ccc(Cl)cc1Br. The molecule has 5 heteroatoms. The van der Waals surface area contributed by atoms with Crippen molar-refractivity contribution in [3.05, 3.63) is 27.7 Å². The lowest BCUT2D eigenvalue weighted by molar-refractivity contribution is -0.132. The first-order chi connectivity index (χ1) is 8.08. The van der Waals surface area contributed by atoms with Gasteiger partial charge in [0.1, 0.15) is 5.75 Å². The zero-order chi connectivity index (χ0) is 12.8. The van der Waals surface area contributed by atoms with Crippen LogP contribution < -0.4 is 4.74 Å². The number of carbonyl (C=O) groups excluding carboxylic acids is 1. The molecule has 1 aromatic rings. The number of ether oxygens (including phenoxy) is 1. The minimum atomic E-state index is -0.0168. The van der Waals surface area contributed by atoms with Crippen molar-refractivity contribution >= 4 is 33.4 Å². The molecule has 3 nitrogen and oxygen atoms in total. The summed E-state index contributed by atoms with van der Waals surface area (Å²) in [5.41, 5.74) is 0. The van der Waals surface area contributed by atoms with Crippen LogP contribution in [0.2, 0.25) is 5.02 Å². The summed E-state index contributed by atoms with van der Waals surface area (Å²) in [5.74, 6) is 0.603. The number of likely N-dealkylation sites (N-methyl/N-ethyl adjacent to an activating group) is 1. The van der Waals surface area contributed by atoms with Gasteiger partial charge in [-0.25, -0.2) is 0 Å². The predicted octanol–water partition coefficient (Wildman–Crippen LogP) is 3.35. The van der Waals surface area contributed by atoms with Gasteiger partial charge in [0.05, 0.1) is 4.47 Å². The molecule has 0 N–H and O–H groups in total. The van der Waals surface area contributed by atoms with Crippen molar-refractivity contribution in [3.8, 4) is 5.75 Å². The van der Waals surface area contributed by atoms with Crippen molar-refractivity contribution in [2.75, 3.05) is 19.7 Å². The maximum Gasteiger partial charge on any atom is 0.260 e. The van der Waals surface area contributed by atoms with E-state index in [4.69, 9.17) is 16.3 Å². The Morgan fingerprint density at radius 1 is 1.41 bits per heavy atom. The van der Waals surface area contributed by atoms with Gasteiger partial charge in [-0.1, -0.05) is 11.6 Å². The van der Waals surface area contributed by atoms with Gasteiger partial charge in [-0.3, -0.25) is 4.79 Å². The minimum absolute atomic E-state index is 0.0168. The first-order valence-electron chi connectivity index (χ1n) is 5.44. The largest absolute Gasteiger partial charge is 0.483 e. The average Bonchev–Trinajstić information content (AvgIpc) is 2.29. The van der Waals surface area contributed by atoms with Gasteiger partial charge in [0.25, 0.3) is 5.91 Å². The van der Waals surface area contributed by atoms with Crippen molar-refractivity contribution in [2.45, 2.75) is 13.8 Å². The lowest BCUT2D eigenvalue weighted by Crippen LogP contribution is -2.34. The van der Waals surface area contributed by atoms with Crippen LogP contribution in [0, 0.1) is 0 Å². The van der Waals surface area contributed by atoms with Crippen LogP contribution in [0.3, 0.4) is 0 Å². The smallest absolute Gasteiger partial charge is 0.260 e. The zero-order valence-corrected chi connectivity index (χ0v) is 12.2. The second kappa shape index (κ2) is 6.87. The predicted molar refractivity (Wildman–Crippen MR) is 72.6 cm³/mol. The Morgan fingerprint density at radius 2 is 2.06 bits per heavy atom. The van der Waals surface area contributed by atoms with E-state index in [2.05, 4.69) is 15.9 Å². The fourth-order valence-electron chi connectivity index (χ4n) is 1.40. The first-order valence-corrected chi connectivity index (χ1v) is 6.61. The molecule has 0 radical (unpaired) electrons. The van der Waals surface area contributed by atoms with Crippen LogP contribution >= 0.6 is 27.5 Å². The third kappa shape index (κ3) is 4.21. The number of amides is 1. The fraction of sp³-hybridized carbons (Fsp3) is 0.417. The molecule has 0 aliphatic heterocycles. The highest BCUT2D eigenvalue weighted by Gasteiger charge is 2.11. The molecule has 0 bridgehead atoms. The highest BCUT2D eigenvalue weighted by atomic mass is 79.9. The van der Waals surface area contributed by atoms with Gasteiger partial charge in [0.2, 0.25) is 0 Å². The number of hydrogen-bond acceptors (Lipinski definition) is 2. The van der Waals surface area contributed by atoms with Gasteiger partial charge >= 0.3 is 0 Å². The van der Waals surface area contributed by atoms with Crippen LogP contribution in [0.1, 0.15) is 13.8 Å². The van der Waals surface area contributed by atoms with E-state index in [-0.39, 0.29) is 12.5 Å². The second-order valence-corrected chi connectivity index (χ2v) is 4.72. The van der Waals surface area contributed by atoms with E-state index in [9.17, 15) is 4.79 Å². The molecule has 1 rings (SSSR count). The number of halogens is 2. The molecule has 0 saturated carbocycles. The van der Waals surface area contributed by atoms with Crippen LogP contribution in [0.5, 0.6) is 5.75 Å². The molecule has 0 unspecified atom stereocenters. The quantitative estimate of drug-likeness (QED) is 0.832. The van der Waals surface area contributed by atoms with Crippen LogP contribution in [-0.2, 0) is 4.79 Å². The number of benzene rings is 1. The molecule has 0 aliphatic carbocycles. The molecule has 0 aliphatic rings. The molecule has 94 valence electrons. The standard InChI is InChI=1S/C12H15BrClNO2/c1-3-15(4-2)12(16)8-17-11-6-5-9(14)7-10(11)13/h5-7H,3-4,8H2,1-2H3. The van der Waals surface area contributed by atoms with Gasteiger partial charge in [0, 0.05) is 18.1 Å². The van der Waals surface area contributed by atoms with E-state index in [1.807, 2.05) is 13.8 Å². The molecule has 0 heterocycles. The van der Waals surface area contributed by atoms with E-state index in [1.54, 1.807) is 23.1 Å². The Bertz CT molecular complexity index is 394. The number of hydrogen-bond donors (Lipinski definition) is 0. The lowest BCUT2D eigenvalue weighted by atomic mass is 10.3. The first kappa shape index (κ1) is 14.3. The fourth-order valence-corrected chi connectivity index (χ4v) is 2.20. The zero-order valence-electron chi connectivity index (χ0n) is 9.87. The molecule has 0 saturated heterocycles. The van der Waals surface area contributed by atoms with E-state index in [0.717, 1.165) is 4.47 Å². The number of carbonyl (C=O) groups is 1. The highest BCUT2D eigenvalue weighted by molar-refractivity contribution is 9.10. The summed E-state index contributed by atoms with van der Waals surface area (Å²) in [5, 5.41) is 0.624. The molecule has 17 heavy (non-hydrogen) atoms. The van der Waals surface area contributed by atoms with E-state index in [1.165, 1.54) is 0 Å². The van der Waals surface area contributed by atoms with E-state index in [0.29, 0.717) is 23.9 Å². The van der Waals surface area contributed by atoms with Gasteiger partial charge in [0.15, 0.2) is 6.61 Å². The van der Waals surface area contributed by atoms with Gasteiger partial charge in [-0.05, 0) is 48.0 Å². The minimum Gasteiger partial charge on any atom is -0.483 e. The topological polar surface area (TPSA) is 29.5 Å². The van der Waals surface area contributed by atoms with E-state index >= 15 is 0 Å². The third-order valence-electron chi connectivity index (χ3n) is 2.36. The average molecular weight is 321 g/mol. The van der Waals surface area contributed by atoms with Crippen LogP contribution in [-0.4, -0.2) is 30.5 Å². The Balaban J connectivity index is 2.58. The van der Waals surface area contributed by atoms with Crippen LogP contribution in [0.4, 0.5) is 0 Å². The molecule has 0 atom stereocenters. The van der Waals surface area contributed by atoms with Crippen molar-refractivity contribution in [2.24, 2.45) is 0 Å². The second-order valence-electron chi connectivity index (χ2n) is 3.43. The highest BCUT2D eigenvalue weighted by Crippen LogP contribution is 2.27. The molecule has 0 spiro atoms. The number of rotatable bonds is 5. The molecule has 1 aromatic carbocycles. The van der Waals surface area contributed by atoms with Crippen molar-refractivity contribution in [1.29, 1.82) is 0 Å². The van der Waals surface area contributed by atoms with Gasteiger partial charge < -0.3 is 9.64 Å². The summed E-state index contributed by atoms with van der Waals surface area (Å²) in [6.07, 6.45) is 0. The molecular weight excluding hydrogens is 305 g/mol. The summed E-state index contributed by atoms with van der Waals surface area (Å²) in [4.78, 5) is 13.4. The summed E-state index contributed by atoms with van der Waals surface area (Å²) >= 11 is 9.15. The molecule has 1 amide bonds. The third-order valence-corrected chi connectivity index (χ3v) is 3.22. The Morgan fingerprint density at radius 3 is 2.59 bits per heavy atom. The normalized spacial score (nSPS) is 10.1. The van der Waals surface area contributed by atoms with Gasteiger partial charge in [-0.2, -0.15) is 0 Å². The van der Waals surface area contributed by atoms with Crippen LogP contribution in [0.15, 0.2) is 22.7 Å². The Hall–Kier alpha value is -0.740. The van der Waals surface area contributed by atoms with E-state index < -0.39 is 0 Å². The van der Waals surface area contributed by atoms with Crippen molar-refractivity contribution < 1.29 is 9.53 Å². The van der Waals surface area contributed by atoms with Crippen molar-refractivity contribution in [1.82, 2.24) is 4.90 Å². The molecular formula is C12H15BrClNO2.